The highest BCUT2D eigenvalue weighted by Crippen LogP contribution is 2.29. The highest BCUT2D eigenvalue weighted by atomic mass is 16.6. The maximum Gasteiger partial charge on any atom is 0.364 e. The molecule has 0 N–H and O–H groups in total. The predicted octanol–water partition coefficient (Wildman–Crippen LogP) is 2.79. The number of hydrogen-bond donors (Lipinski definition) is 0. The summed E-state index contributed by atoms with van der Waals surface area (Å²) in [5, 5.41) is 10.7. The first kappa shape index (κ1) is 12.0. The quantitative estimate of drug-likeness (QED) is 0.613. The Labute approximate surface area is 103 Å². The largest absolute Gasteiger partial charge is 0.453 e. The number of aryl methyl sites for hydroxylation is 2. The first-order chi connectivity index (χ1) is 8.58. The molecule has 2 heterocycles. The summed E-state index contributed by atoms with van der Waals surface area (Å²) in [6.45, 7) is 3.43. The molecule has 0 fully saturated rings. The maximum atomic E-state index is 10.7. The van der Waals surface area contributed by atoms with Gasteiger partial charge in [0.2, 0.25) is 0 Å². The van der Waals surface area contributed by atoms with Gasteiger partial charge in [-0.2, -0.15) is 0 Å². The lowest BCUT2D eigenvalue weighted by Gasteiger charge is -2.08. The first-order valence-corrected chi connectivity index (χ1v) is 5.28. The van der Waals surface area contributed by atoms with Crippen LogP contribution in [0.5, 0.6) is 11.5 Å². The summed E-state index contributed by atoms with van der Waals surface area (Å²) in [6.07, 6.45) is 3.22. The second kappa shape index (κ2) is 4.79. The van der Waals surface area contributed by atoms with E-state index in [1.807, 2.05) is 0 Å². The van der Waals surface area contributed by atoms with Crippen LogP contribution in [0.4, 0.5) is 5.82 Å². The Kier molecular flexibility index (Phi) is 3.18. The third-order valence-corrected chi connectivity index (χ3v) is 2.37. The van der Waals surface area contributed by atoms with Crippen LogP contribution in [0.2, 0.25) is 0 Å². The lowest BCUT2D eigenvalue weighted by Crippen LogP contribution is -1.99. The molecule has 2 rings (SSSR count). The van der Waals surface area contributed by atoms with Crippen molar-refractivity contribution in [3.05, 3.63) is 52.0 Å². The van der Waals surface area contributed by atoms with E-state index in [0.717, 1.165) is 0 Å². The Bertz CT molecular complexity index is 561. The molecule has 0 aromatic carbocycles. The third-order valence-electron chi connectivity index (χ3n) is 2.37. The molecule has 0 aliphatic heterocycles. The second-order valence-electron chi connectivity index (χ2n) is 3.75. The molecular formula is C12H11N3O3. The van der Waals surface area contributed by atoms with Crippen LogP contribution >= 0.6 is 0 Å². The van der Waals surface area contributed by atoms with Crippen molar-refractivity contribution in [1.82, 2.24) is 9.97 Å². The molecule has 2 aromatic rings. The number of pyridine rings is 2. The van der Waals surface area contributed by atoms with E-state index < -0.39 is 4.92 Å². The van der Waals surface area contributed by atoms with Gasteiger partial charge in [-0.3, -0.25) is 4.98 Å². The fourth-order valence-corrected chi connectivity index (χ4v) is 1.57. The Hall–Kier alpha value is -2.50. The van der Waals surface area contributed by atoms with Crippen LogP contribution < -0.4 is 4.74 Å². The fraction of sp³-hybridized carbons (Fsp3) is 0.167. The average molecular weight is 245 g/mol. The molecule has 92 valence electrons. The zero-order valence-electron chi connectivity index (χ0n) is 9.95. The molecule has 0 amide bonds. The Balaban J connectivity index is 2.37. The van der Waals surface area contributed by atoms with Crippen LogP contribution in [0.25, 0.3) is 0 Å². The van der Waals surface area contributed by atoms with Crippen molar-refractivity contribution in [3.63, 3.8) is 0 Å². The number of ether oxygens (including phenoxy) is 1. The maximum absolute atomic E-state index is 10.7. The molecule has 0 saturated carbocycles. The van der Waals surface area contributed by atoms with Crippen molar-refractivity contribution in [2.24, 2.45) is 0 Å². The van der Waals surface area contributed by atoms with Crippen LogP contribution in [0.3, 0.4) is 0 Å². The minimum atomic E-state index is -0.518. The van der Waals surface area contributed by atoms with Crippen molar-refractivity contribution in [3.8, 4) is 11.5 Å². The van der Waals surface area contributed by atoms with Crippen LogP contribution in [0, 0.1) is 24.0 Å². The molecule has 0 aliphatic carbocycles. The van der Waals surface area contributed by atoms with Crippen LogP contribution in [-0.4, -0.2) is 14.9 Å². The van der Waals surface area contributed by atoms with Gasteiger partial charge in [0.1, 0.15) is 5.75 Å². The number of rotatable bonds is 3. The number of nitro groups is 1. The monoisotopic (exact) mass is 245 g/mol. The standard InChI is InChI=1S/C12H11N3O3/c1-8-7-11(15(16)17)14-9(2)12(8)18-10-3-5-13-6-4-10/h3-7H,1-2H3. The van der Waals surface area contributed by atoms with Gasteiger partial charge in [0.15, 0.2) is 11.4 Å². The van der Waals surface area contributed by atoms with E-state index in [2.05, 4.69) is 9.97 Å². The van der Waals surface area contributed by atoms with Crippen molar-refractivity contribution in [2.75, 3.05) is 0 Å². The van der Waals surface area contributed by atoms with E-state index in [0.29, 0.717) is 22.8 Å². The van der Waals surface area contributed by atoms with Gasteiger partial charge in [-0.05, 0) is 29.0 Å². The zero-order valence-corrected chi connectivity index (χ0v) is 9.95. The van der Waals surface area contributed by atoms with Crippen LogP contribution in [0.1, 0.15) is 11.3 Å². The van der Waals surface area contributed by atoms with Crippen molar-refractivity contribution in [1.29, 1.82) is 0 Å². The summed E-state index contributed by atoms with van der Waals surface area (Å²) >= 11 is 0. The van der Waals surface area contributed by atoms with Gasteiger partial charge < -0.3 is 14.9 Å². The molecule has 0 aliphatic rings. The van der Waals surface area contributed by atoms with Gasteiger partial charge in [0.25, 0.3) is 0 Å². The third kappa shape index (κ3) is 2.42. The Morgan fingerprint density at radius 1 is 1.28 bits per heavy atom. The summed E-state index contributed by atoms with van der Waals surface area (Å²) < 4.78 is 5.65. The highest BCUT2D eigenvalue weighted by Gasteiger charge is 2.17. The number of hydrogen-bond acceptors (Lipinski definition) is 5. The van der Waals surface area contributed by atoms with Crippen molar-refractivity contribution >= 4 is 5.82 Å². The molecule has 6 nitrogen and oxygen atoms in total. The molecule has 0 atom stereocenters. The van der Waals surface area contributed by atoms with Gasteiger partial charge >= 0.3 is 5.82 Å². The van der Waals surface area contributed by atoms with E-state index in [-0.39, 0.29) is 5.82 Å². The lowest BCUT2D eigenvalue weighted by atomic mass is 10.2. The predicted molar refractivity (Wildman–Crippen MR) is 64.7 cm³/mol. The van der Waals surface area contributed by atoms with Gasteiger partial charge in [-0.15, -0.1) is 0 Å². The minimum absolute atomic E-state index is 0.174. The summed E-state index contributed by atoms with van der Waals surface area (Å²) in [4.78, 5) is 17.9. The van der Waals surface area contributed by atoms with E-state index in [1.165, 1.54) is 6.07 Å². The molecule has 0 spiro atoms. The lowest BCUT2D eigenvalue weighted by molar-refractivity contribution is -0.389. The molecule has 0 radical (unpaired) electrons. The summed E-state index contributed by atoms with van der Waals surface area (Å²) in [7, 11) is 0. The molecule has 0 saturated heterocycles. The van der Waals surface area contributed by atoms with E-state index in [1.54, 1.807) is 38.4 Å². The molecule has 0 bridgehead atoms. The van der Waals surface area contributed by atoms with Crippen LogP contribution in [-0.2, 0) is 0 Å². The summed E-state index contributed by atoms with van der Waals surface area (Å²) in [6, 6.07) is 4.81. The SMILES string of the molecule is Cc1cc([N+](=O)[O-])nc(C)c1Oc1ccncc1. The van der Waals surface area contributed by atoms with Gasteiger partial charge in [0, 0.05) is 30.9 Å². The summed E-state index contributed by atoms with van der Waals surface area (Å²) in [5.41, 5.74) is 1.16. The highest BCUT2D eigenvalue weighted by molar-refractivity contribution is 5.43. The zero-order chi connectivity index (χ0) is 13.1. The van der Waals surface area contributed by atoms with Gasteiger partial charge in [-0.25, -0.2) is 0 Å². The number of nitrogens with zero attached hydrogens (tertiary/aromatic N) is 3. The van der Waals surface area contributed by atoms with E-state index in [9.17, 15) is 10.1 Å². The van der Waals surface area contributed by atoms with Crippen LogP contribution in [0.15, 0.2) is 30.6 Å². The van der Waals surface area contributed by atoms with E-state index in [4.69, 9.17) is 4.74 Å². The molecule has 2 aromatic heterocycles. The normalized spacial score (nSPS) is 10.1. The minimum Gasteiger partial charge on any atom is -0.453 e. The molecular weight excluding hydrogens is 234 g/mol. The second-order valence-corrected chi connectivity index (χ2v) is 3.75. The molecule has 0 unspecified atom stereocenters. The first-order valence-electron chi connectivity index (χ1n) is 5.28. The van der Waals surface area contributed by atoms with Gasteiger partial charge in [-0.1, -0.05) is 0 Å². The van der Waals surface area contributed by atoms with Crippen molar-refractivity contribution < 1.29 is 9.66 Å². The molecule has 6 heteroatoms. The average Bonchev–Trinajstić information content (AvgIpc) is 2.34. The van der Waals surface area contributed by atoms with E-state index >= 15 is 0 Å². The van der Waals surface area contributed by atoms with Crippen molar-refractivity contribution in [2.45, 2.75) is 13.8 Å². The Morgan fingerprint density at radius 3 is 2.50 bits per heavy atom. The fourth-order valence-electron chi connectivity index (χ4n) is 1.57. The molecule has 18 heavy (non-hydrogen) atoms. The topological polar surface area (TPSA) is 78.2 Å². The Morgan fingerprint density at radius 2 is 1.94 bits per heavy atom. The number of aromatic nitrogens is 2. The summed E-state index contributed by atoms with van der Waals surface area (Å²) in [5.74, 6) is 0.978. The smallest absolute Gasteiger partial charge is 0.364 e. The van der Waals surface area contributed by atoms with Gasteiger partial charge in [0.05, 0.1) is 0 Å².